The average molecular weight is 378 g/mol. The summed E-state index contributed by atoms with van der Waals surface area (Å²) in [7, 11) is 0. The smallest absolute Gasteiger partial charge is 0.256 e. The second-order valence-corrected chi connectivity index (χ2v) is 6.77. The summed E-state index contributed by atoms with van der Waals surface area (Å²) in [6, 6.07) is 16.1. The van der Waals surface area contributed by atoms with Crippen LogP contribution in [0.3, 0.4) is 0 Å². The number of nitrogens with one attached hydrogen (secondary N) is 1. The lowest BCUT2D eigenvalue weighted by atomic mass is 10.0. The van der Waals surface area contributed by atoms with Crippen molar-refractivity contribution in [3.63, 3.8) is 0 Å². The number of hydrogen-bond donors (Lipinski definition) is 1. The second kappa shape index (κ2) is 5.93. The fourth-order valence-electron chi connectivity index (χ4n) is 3.67. The van der Waals surface area contributed by atoms with Gasteiger partial charge >= 0.3 is 0 Å². The zero-order chi connectivity index (χ0) is 18.5. The van der Waals surface area contributed by atoms with E-state index in [4.69, 9.17) is 11.6 Å². The minimum absolute atomic E-state index is 0.279. The summed E-state index contributed by atoms with van der Waals surface area (Å²) in [5.74, 6) is -0.397. The van der Waals surface area contributed by atoms with Crippen molar-refractivity contribution in [3.05, 3.63) is 87.8 Å². The molecular weight excluding hydrogens is 365 g/mol. The van der Waals surface area contributed by atoms with Gasteiger partial charge in [0.15, 0.2) is 0 Å². The van der Waals surface area contributed by atoms with Crippen molar-refractivity contribution in [1.29, 1.82) is 0 Å². The van der Waals surface area contributed by atoms with Crippen molar-refractivity contribution < 1.29 is 4.39 Å². The Bertz CT molecular complexity index is 1390. The van der Waals surface area contributed by atoms with E-state index in [-0.39, 0.29) is 5.56 Å². The topological polar surface area (TPSA) is 50.7 Å². The van der Waals surface area contributed by atoms with E-state index in [0.29, 0.717) is 33.5 Å². The van der Waals surface area contributed by atoms with Gasteiger partial charge in [-0.15, -0.1) is 0 Å². The number of pyridine rings is 1. The van der Waals surface area contributed by atoms with E-state index in [1.807, 2.05) is 34.9 Å². The molecule has 0 aliphatic rings. The number of imidazole rings is 1. The molecule has 2 aromatic heterocycles. The Labute approximate surface area is 157 Å². The molecule has 5 rings (SSSR count). The summed E-state index contributed by atoms with van der Waals surface area (Å²) in [5, 5.41) is 2.68. The first-order valence-corrected chi connectivity index (χ1v) is 8.83. The normalized spacial score (nSPS) is 11.6. The van der Waals surface area contributed by atoms with E-state index >= 15 is 0 Å². The molecule has 0 aliphatic heterocycles. The molecule has 6 heteroatoms. The fourth-order valence-corrected chi connectivity index (χ4v) is 3.90. The zero-order valence-electron chi connectivity index (χ0n) is 14.0. The Kier molecular flexibility index (Phi) is 3.52. The Morgan fingerprint density at radius 3 is 2.67 bits per heavy atom. The largest absolute Gasteiger partial charge is 0.329 e. The first kappa shape index (κ1) is 16.0. The van der Waals surface area contributed by atoms with E-state index in [1.54, 1.807) is 18.3 Å². The Morgan fingerprint density at radius 2 is 1.85 bits per heavy atom. The van der Waals surface area contributed by atoms with Crippen molar-refractivity contribution >= 4 is 44.2 Å². The molecule has 3 aromatic carbocycles. The molecule has 132 valence electrons. The van der Waals surface area contributed by atoms with Gasteiger partial charge in [0.2, 0.25) is 5.28 Å². The maximum atomic E-state index is 14.0. The van der Waals surface area contributed by atoms with Gasteiger partial charge in [-0.05, 0) is 41.4 Å². The quantitative estimate of drug-likeness (QED) is 0.446. The Balaban J connectivity index is 1.97. The molecule has 0 saturated carbocycles. The third kappa shape index (κ3) is 2.43. The van der Waals surface area contributed by atoms with Crippen LogP contribution >= 0.6 is 11.6 Å². The number of halogens is 2. The zero-order valence-corrected chi connectivity index (χ0v) is 14.8. The van der Waals surface area contributed by atoms with Crippen LogP contribution < -0.4 is 5.56 Å². The van der Waals surface area contributed by atoms with Crippen LogP contribution in [0.25, 0.3) is 32.6 Å². The van der Waals surface area contributed by atoms with Crippen LogP contribution in [-0.2, 0) is 6.54 Å². The molecule has 0 fully saturated rings. The van der Waals surface area contributed by atoms with Gasteiger partial charge in [-0.25, -0.2) is 9.37 Å². The number of H-pyrrole nitrogens is 1. The number of aromatic nitrogens is 3. The van der Waals surface area contributed by atoms with Gasteiger partial charge in [0.05, 0.1) is 23.0 Å². The van der Waals surface area contributed by atoms with Gasteiger partial charge in [-0.2, -0.15) is 0 Å². The molecule has 4 nitrogen and oxygen atoms in total. The molecule has 1 N–H and O–H groups in total. The van der Waals surface area contributed by atoms with E-state index < -0.39 is 5.82 Å². The lowest BCUT2D eigenvalue weighted by molar-refractivity contribution is 0.630. The standard InChI is InChI=1S/C21H13ClFN3O/c22-21-25-18-15-8-9-24-20(27)17(15)16-10-13(23)6-7-14(16)19(18)26(21)11-12-4-2-1-3-5-12/h1-10H,11H2,(H,24,27). The number of rotatable bonds is 2. The molecule has 5 aromatic rings. The van der Waals surface area contributed by atoms with E-state index in [9.17, 15) is 9.18 Å². The molecule has 0 saturated heterocycles. The van der Waals surface area contributed by atoms with Gasteiger partial charge in [0.25, 0.3) is 5.56 Å². The summed E-state index contributed by atoms with van der Waals surface area (Å²) in [6.07, 6.45) is 1.57. The highest BCUT2D eigenvalue weighted by Gasteiger charge is 2.18. The second-order valence-electron chi connectivity index (χ2n) is 6.44. The highest BCUT2D eigenvalue weighted by atomic mass is 35.5. The number of fused-ring (bicyclic) bond motifs is 6. The third-order valence-corrected chi connectivity index (χ3v) is 5.12. The van der Waals surface area contributed by atoms with Crippen molar-refractivity contribution in [2.24, 2.45) is 0 Å². The third-order valence-electron chi connectivity index (χ3n) is 4.83. The SMILES string of the molecule is O=c1[nH]ccc2c3nc(Cl)n(Cc4ccccc4)c3c3ccc(F)cc3c12. The lowest BCUT2D eigenvalue weighted by Gasteiger charge is -2.10. The van der Waals surface area contributed by atoms with Gasteiger partial charge < -0.3 is 9.55 Å². The number of benzene rings is 3. The van der Waals surface area contributed by atoms with E-state index in [0.717, 1.165) is 16.5 Å². The molecule has 0 amide bonds. The van der Waals surface area contributed by atoms with Crippen LogP contribution in [0.2, 0.25) is 5.28 Å². The molecule has 27 heavy (non-hydrogen) atoms. The Hall–Kier alpha value is -3.18. The summed E-state index contributed by atoms with van der Waals surface area (Å²) in [5.41, 5.74) is 2.21. The van der Waals surface area contributed by atoms with Crippen molar-refractivity contribution in [2.45, 2.75) is 6.54 Å². The molecule has 0 bridgehead atoms. The fraction of sp³-hybridized carbons (Fsp3) is 0.0476. The first-order chi connectivity index (χ1) is 13.1. The predicted molar refractivity (Wildman–Crippen MR) is 106 cm³/mol. The van der Waals surface area contributed by atoms with Crippen LogP contribution in [0, 0.1) is 5.82 Å². The molecule has 0 spiro atoms. The molecule has 0 atom stereocenters. The maximum Gasteiger partial charge on any atom is 0.256 e. The monoisotopic (exact) mass is 377 g/mol. The van der Waals surface area contributed by atoms with Gasteiger partial charge in [0.1, 0.15) is 5.82 Å². The van der Waals surface area contributed by atoms with E-state index in [1.165, 1.54) is 12.1 Å². The van der Waals surface area contributed by atoms with Crippen LogP contribution in [0.1, 0.15) is 5.56 Å². The van der Waals surface area contributed by atoms with Crippen LogP contribution in [-0.4, -0.2) is 14.5 Å². The van der Waals surface area contributed by atoms with E-state index in [2.05, 4.69) is 9.97 Å². The van der Waals surface area contributed by atoms with Crippen LogP contribution in [0.5, 0.6) is 0 Å². The lowest BCUT2D eigenvalue weighted by Crippen LogP contribution is -2.06. The number of hydrogen-bond acceptors (Lipinski definition) is 2. The Morgan fingerprint density at radius 1 is 1.04 bits per heavy atom. The first-order valence-electron chi connectivity index (χ1n) is 8.46. The number of aromatic amines is 1. The molecule has 0 radical (unpaired) electrons. The summed E-state index contributed by atoms with van der Waals surface area (Å²) in [6.45, 7) is 0.525. The highest BCUT2D eigenvalue weighted by Crippen LogP contribution is 2.35. The molecule has 2 heterocycles. The molecular formula is C21H13ClFN3O. The highest BCUT2D eigenvalue weighted by molar-refractivity contribution is 6.31. The van der Waals surface area contributed by atoms with Crippen LogP contribution in [0.15, 0.2) is 65.6 Å². The van der Waals surface area contributed by atoms with Gasteiger partial charge in [-0.1, -0.05) is 30.3 Å². The molecule has 0 aliphatic carbocycles. The van der Waals surface area contributed by atoms with Crippen molar-refractivity contribution in [2.75, 3.05) is 0 Å². The summed E-state index contributed by atoms with van der Waals surface area (Å²) >= 11 is 6.48. The number of nitrogens with zero attached hydrogens (tertiary/aromatic N) is 2. The minimum atomic E-state index is -0.397. The summed E-state index contributed by atoms with van der Waals surface area (Å²) < 4.78 is 15.9. The molecule has 0 unspecified atom stereocenters. The predicted octanol–water partition coefficient (Wildman–Crippen LogP) is 4.87. The van der Waals surface area contributed by atoms with Crippen LogP contribution in [0.4, 0.5) is 4.39 Å². The summed E-state index contributed by atoms with van der Waals surface area (Å²) in [4.78, 5) is 19.7. The van der Waals surface area contributed by atoms with Crippen molar-refractivity contribution in [3.8, 4) is 0 Å². The van der Waals surface area contributed by atoms with Crippen molar-refractivity contribution in [1.82, 2.24) is 14.5 Å². The average Bonchev–Trinajstić information content (AvgIpc) is 2.99. The van der Waals surface area contributed by atoms with Gasteiger partial charge in [-0.3, -0.25) is 4.79 Å². The van der Waals surface area contributed by atoms with Gasteiger partial charge in [0, 0.05) is 22.4 Å². The maximum absolute atomic E-state index is 14.0. The minimum Gasteiger partial charge on any atom is -0.329 e.